The number of aromatic amines is 1. The Morgan fingerprint density at radius 2 is 2.03 bits per heavy atom. The van der Waals surface area contributed by atoms with Crippen LogP contribution in [-0.4, -0.2) is 57.4 Å². The van der Waals surface area contributed by atoms with E-state index in [1.54, 1.807) is 0 Å². The van der Waals surface area contributed by atoms with Crippen molar-refractivity contribution in [3.8, 4) is 6.07 Å². The molecule has 0 bridgehead atoms. The van der Waals surface area contributed by atoms with Gasteiger partial charge in [-0.3, -0.25) is 4.90 Å². The first-order valence-electron chi connectivity index (χ1n) is 10.3. The lowest BCUT2D eigenvalue weighted by Crippen LogP contribution is -2.49. The Balaban J connectivity index is 0.000000293. The maximum Gasteiger partial charge on any atom is 0.328 e. The number of H-pyrrole nitrogens is 1. The number of likely N-dealkylation sites (tertiary alicyclic amines) is 1. The van der Waals surface area contributed by atoms with E-state index in [4.69, 9.17) is 15.5 Å². The van der Waals surface area contributed by atoms with Crippen LogP contribution in [0, 0.1) is 17.2 Å². The van der Waals surface area contributed by atoms with Gasteiger partial charge >= 0.3 is 11.9 Å². The lowest BCUT2D eigenvalue weighted by atomic mass is 9.72. The Kier molecular flexibility index (Phi) is 7.42. The van der Waals surface area contributed by atoms with E-state index in [2.05, 4.69) is 47.3 Å². The van der Waals surface area contributed by atoms with E-state index in [1.165, 1.54) is 27.1 Å². The number of thioether (sulfide) groups is 1. The highest BCUT2D eigenvalue weighted by molar-refractivity contribution is 7.98. The highest BCUT2D eigenvalue weighted by Gasteiger charge is 2.40. The minimum atomic E-state index is -1.26. The number of hydrogen-bond donors (Lipinski definition) is 3. The van der Waals surface area contributed by atoms with Gasteiger partial charge in [0.25, 0.3) is 0 Å². The van der Waals surface area contributed by atoms with E-state index < -0.39 is 11.9 Å². The van der Waals surface area contributed by atoms with E-state index in [0.29, 0.717) is 36.5 Å². The molecule has 8 heteroatoms. The molecule has 4 rings (SSSR count). The Hall–Kier alpha value is -2.76. The summed E-state index contributed by atoms with van der Waals surface area (Å²) in [5, 5.41) is 27.6. The molecule has 2 heterocycles. The average molecular weight is 442 g/mol. The van der Waals surface area contributed by atoms with Gasteiger partial charge in [-0.1, -0.05) is 19.1 Å². The second-order valence-electron chi connectivity index (χ2n) is 7.85. The number of nitrogens with one attached hydrogen (secondary N) is 1. The van der Waals surface area contributed by atoms with E-state index >= 15 is 0 Å². The van der Waals surface area contributed by atoms with Gasteiger partial charge in [0, 0.05) is 48.0 Å². The molecule has 1 aliphatic carbocycles. The van der Waals surface area contributed by atoms with Gasteiger partial charge in [0.15, 0.2) is 0 Å². The van der Waals surface area contributed by atoms with Crippen molar-refractivity contribution in [3.05, 3.63) is 41.5 Å². The van der Waals surface area contributed by atoms with Crippen LogP contribution < -0.4 is 0 Å². The van der Waals surface area contributed by atoms with Crippen molar-refractivity contribution in [2.45, 2.75) is 43.2 Å². The third kappa shape index (κ3) is 4.94. The molecule has 1 aromatic heterocycles. The van der Waals surface area contributed by atoms with Gasteiger partial charge in [-0.2, -0.15) is 5.26 Å². The fourth-order valence-electron chi connectivity index (χ4n) is 4.91. The Bertz CT molecular complexity index is 1020. The highest BCUT2D eigenvalue weighted by atomic mass is 32.2. The molecule has 31 heavy (non-hydrogen) atoms. The molecule has 3 N–H and O–H groups in total. The molecule has 1 saturated heterocycles. The topological polar surface area (TPSA) is 117 Å². The van der Waals surface area contributed by atoms with Gasteiger partial charge in [0.05, 0.1) is 11.1 Å². The number of nitriles is 1. The van der Waals surface area contributed by atoms with Gasteiger partial charge in [0.2, 0.25) is 0 Å². The average Bonchev–Trinajstić information content (AvgIpc) is 3.12. The number of rotatable bonds is 5. The van der Waals surface area contributed by atoms with Crippen molar-refractivity contribution in [2.24, 2.45) is 5.92 Å². The Morgan fingerprint density at radius 3 is 2.61 bits per heavy atom. The lowest BCUT2D eigenvalue weighted by Gasteiger charge is -2.46. The molecule has 3 atom stereocenters. The fourth-order valence-corrected chi connectivity index (χ4v) is 5.55. The van der Waals surface area contributed by atoms with Gasteiger partial charge < -0.3 is 15.2 Å². The van der Waals surface area contributed by atoms with E-state index in [9.17, 15) is 9.59 Å². The van der Waals surface area contributed by atoms with Crippen molar-refractivity contribution in [3.63, 3.8) is 0 Å². The molecular weight excluding hydrogens is 414 g/mol. The summed E-state index contributed by atoms with van der Waals surface area (Å²) >= 11 is 1.83. The second-order valence-corrected chi connectivity index (χ2v) is 8.66. The monoisotopic (exact) mass is 441 g/mol. The number of nitrogens with zero attached hydrogens (tertiary/aromatic N) is 2. The van der Waals surface area contributed by atoms with Crippen molar-refractivity contribution in [1.82, 2.24) is 9.88 Å². The SMILES string of the molecule is CCN1C[C@H](CC#N)CC2c3cccc4[nH]c(SC)c(c34)C[C@H]21.O=C(O)/C=C\C(=O)O. The predicted octanol–water partition coefficient (Wildman–Crippen LogP) is 3.87. The van der Waals surface area contributed by atoms with Crippen molar-refractivity contribution >= 4 is 34.6 Å². The first-order valence-corrected chi connectivity index (χ1v) is 11.5. The zero-order valence-electron chi connectivity index (χ0n) is 17.7. The number of piperidine rings is 1. The first kappa shape index (κ1) is 22.9. The number of aliphatic carboxylic acids is 2. The fraction of sp³-hybridized carbons (Fsp3) is 0.435. The van der Waals surface area contributed by atoms with Crippen LogP contribution in [0.25, 0.3) is 10.9 Å². The number of likely N-dealkylation sites (N-methyl/N-ethyl adjacent to an activating group) is 1. The number of carboxylic acids is 2. The number of hydrogen-bond acceptors (Lipinski definition) is 5. The molecule has 0 amide bonds. The van der Waals surface area contributed by atoms with E-state index in [0.717, 1.165) is 25.9 Å². The first-order chi connectivity index (χ1) is 14.9. The van der Waals surface area contributed by atoms with Crippen LogP contribution in [0.5, 0.6) is 0 Å². The lowest BCUT2D eigenvalue weighted by molar-refractivity contribution is -0.134. The Morgan fingerprint density at radius 1 is 1.32 bits per heavy atom. The summed E-state index contributed by atoms with van der Waals surface area (Å²) in [5.74, 6) is -1.43. The van der Waals surface area contributed by atoms with Crippen LogP contribution >= 0.6 is 11.8 Å². The zero-order chi connectivity index (χ0) is 22.5. The molecule has 0 radical (unpaired) electrons. The maximum absolute atomic E-state index is 9.55. The van der Waals surface area contributed by atoms with Gasteiger partial charge in [0.1, 0.15) is 0 Å². The summed E-state index contributed by atoms with van der Waals surface area (Å²) in [6, 6.07) is 9.71. The molecular formula is C23H27N3O4S. The molecule has 1 unspecified atom stereocenters. The summed E-state index contributed by atoms with van der Waals surface area (Å²) < 4.78 is 0. The van der Waals surface area contributed by atoms with E-state index in [-0.39, 0.29) is 0 Å². The maximum atomic E-state index is 9.55. The minimum absolute atomic E-state index is 0.511. The van der Waals surface area contributed by atoms with Gasteiger partial charge in [-0.25, -0.2) is 9.59 Å². The Labute approximate surface area is 185 Å². The largest absolute Gasteiger partial charge is 0.478 e. The van der Waals surface area contributed by atoms with Crippen LogP contribution in [0.15, 0.2) is 35.4 Å². The smallest absolute Gasteiger partial charge is 0.328 e. The van der Waals surface area contributed by atoms with Gasteiger partial charge in [-0.15, -0.1) is 11.8 Å². The van der Waals surface area contributed by atoms with Crippen LogP contribution in [-0.2, 0) is 16.0 Å². The molecule has 0 saturated carbocycles. The molecule has 1 aromatic carbocycles. The molecule has 2 aliphatic rings. The summed E-state index contributed by atoms with van der Waals surface area (Å²) in [7, 11) is 0. The molecule has 164 valence electrons. The van der Waals surface area contributed by atoms with Crippen LogP contribution in [0.3, 0.4) is 0 Å². The third-order valence-corrected chi connectivity index (χ3v) is 6.86. The molecule has 2 aromatic rings. The summed E-state index contributed by atoms with van der Waals surface area (Å²) in [6.45, 7) is 4.41. The second kappa shape index (κ2) is 10.0. The number of fused-ring (bicyclic) bond motifs is 2. The number of carboxylic acid groups (broad SMARTS) is 2. The summed E-state index contributed by atoms with van der Waals surface area (Å²) in [5.41, 5.74) is 4.30. The van der Waals surface area contributed by atoms with Crippen molar-refractivity contribution in [2.75, 3.05) is 19.3 Å². The van der Waals surface area contributed by atoms with Gasteiger partial charge in [-0.05, 0) is 48.8 Å². The quantitative estimate of drug-likeness (QED) is 0.476. The minimum Gasteiger partial charge on any atom is -0.478 e. The van der Waals surface area contributed by atoms with Crippen molar-refractivity contribution in [1.29, 1.82) is 5.26 Å². The number of carbonyl (C=O) groups is 2. The standard InChI is InChI=1S/C19H23N3S.C4H4O4/c1-3-22-11-12(7-8-20)9-14-13-5-4-6-16-18(13)15(10-17(14)22)19(21-16)23-2;5-3(6)1-2-4(7)8/h4-6,12,14,17,21H,3,7,9-11H2,1-2H3;1-2H,(H,5,6)(H,7,8)/b;2-1-/t12-,14?,17-;/m1./s1. The molecule has 7 nitrogen and oxygen atoms in total. The normalized spacial score (nSPS) is 22.4. The molecule has 0 spiro atoms. The van der Waals surface area contributed by atoms with Crippen LogP contribution in [0.2, 0.25) is 0 Å². The van der Waals surface area contributed by atoms with Crippen LogP contribution in [0.1, 0.15) is 36.8 Å². The van der Waals surface area contributed by atoms with Crippen LogP contribution in [0.4, 0.5) is 0 Å². The summed E-state index contributed by atoms with van der Waals surface area (Å²) in [6.07, 6.45) is 6.27. The molecule has 1 fully saturated rings. The highest BCUT2D eigenvalue weighted by Crippen LogP contribution is 2.47. The number of aromatic nitrogens is 1. The summed E-state index contributed by atoms with van der Waals surface area (Å²) in [4.78, 5) is 25.3. The van der Waals surface area contributed by atoms with Crippen molar-refractivity contribution < 1.29 is 19.8 Å². The molecule has 1 aliphatic heterocycles. The number of benzene rings is 1. The zero-order valence-corrected chi connectivity index (χ0v) is 18.5. The van der Waals surface area contributed by atoms with E-state index in [1.807, 2.05) is 11.8 Å². The predicted molar refractivity (Wildman–Crippen MR) is 120 cm³/mol. The third-order valence-electron chi connectivity index (χ3n) is 6.11.